The van der Waals surface area contributed by atoms with Gasteiger partial charge in [-0.3, -0.25) is 9.69 Å². The predicted molar refractivity (Wildman–Crippen MR) is 114 cm³/mol. The molecule has 3 heteroatoms. The van der Waals surface area contributed by atoms with Crippen molar-refractivity contribution in [3.63, 3.8) is 0 Å². The van der Waals surface area contributed by atoms with E-state index in [2.05, 4.69) is 47.4 Å². The van der Waals surface area contributed by atoms with Crippen LogP contribution < -0.4 is 4.90 Å². The van der Waals surface area contributed by atoms with Gasteiger partial charge in [-0.15, -0.1) is 0 Å². The molecule has 2 aromatic carbocycles. The lowest BCUT2D eigenvalue weighted by Crippen LogP contribution is -2.41. The smallest absolute Gasteiger partial charge is 0.227 e. The van der Waals surface area contributed by atoms with Gasteiger partial charge in [0.1, 0.15) is 0 Å². The van der Waals surface area contributed by atoms with Crippen molar-refractivity contribution >= 4 is 11.6 Å². The maximum atomic E-state index is 11.9. The summed E-state index contributed by atoms with van der Waals surface area (Å²) in [5.41, 5.74) is 6.87. The summed E-state index contributed by atoms with van der Waals surface area (Å²) >= 11 is 0. The molecule has 5 rings (SSSR count). The first-order chi connectivity index (χ1) is 13.8. The van der Waals surface area contributed by atoms with Crippen molar-refractivity contribution in [2.24, 2.45) is 0 Å². The van der Waals surface area contributed by atoms with Gasteiger partial charge in [-0.2, -0.15) is 0 Å². The van der Waals surface area contributed by atoms with Gasteiger partial charge in [-0.25, -0.2) is 0 Å². The zero-order valence-corrected chi connectivity index (χ0v) is 16.7. The van der Waals surface area contributed by atoms with Crippen molar-refractivity contribution in [2.45, 2.75) is 57.4 Å². The van der Waals surface area contributed by atoms with Crippen LogP contribution in [0.3, 0.4) is 0 Å². The molecular weight excluding hydrogens is 344 g/mol. The van der Waals surface area contributed by atoms with E-state index in [0.717, 1.165) is 31.1 Å². The van der Waals surface area contributed by atoms with Gasteiger partial charge in [0.05, 0.1) is 0 Å². The molecule has 2 heterocycles. The molecule has 0 spiro atoms. The Morgan fingerprint density at radius 2 is 1.54 bits per heavy atom. The highest BCUT2D eigenvalue weighted by molar-refractivity contribution is 5.95. The molecule has 3 aliphatic rings. The van der Waals surface area contributed by atoms with Gasteiger partial charge in [0, 0.05) is 37.8 Å². The first-order valence-electron chi connectivity index (χ1n) is 11.0. The van der Waals surface area contributed by atoms with Gasteiger partial charge in [-0.1, -0.05) is 36.8 Å². The maximum absolute atomic E-state index is 11.9. The Hall–Kier alpha value is -2.13. The van der Waals surface area contributed by atoms with E-state index in [9.17, 15) is 4.79 Å². The molecule has 1 saturated heterocycles. The molecule has 0 aromatic heterocycles. The summed E-state index contributed by atoms with van der Waals surface area (Å²) in [6.45, 7) is 3.31. The number of amides is 1. The first-order valence-corrected chi connectivity index (χ1v) is 11.0. The van der Waals surface area contributed by atoms with Gasteiger partial charge < -0.3 is 4.90 Å². The largest absolute Gasteiger partial charge is 0.312 e. The lowest BCUT2D eigenvalue weighted by molar-refractivity contribution is -0.117. The molecule has 0 N–H and O–H groups in total. The monoisotopic (exact) mass is 374 g/mol. The third-order valence-corrected chi connectivity index (χ3v) is 6.93. The molecule has 0 radical (unpaired) electrons. The van der Waals surface area contributed by atoms with E-state index < -0.39 is 0 Å². The molecule has 3 nitrogen and oxygen atoms in total. The van der Waals surface area contributed by atoms with Crippen molar-refractivity contribution in [1.82, 2.24) is 4.90 Å². The lowest BCUT2D eigenvalue weighted by atomic mass is 9.91. The third-order valence-electron chi connectivity index (χ3n) is 6.93. The highest BCUT2D eigenvalue weighted by Gasteiger charge is 2.26. The van der Waals surface area contributed by atoms with Crippen LogP contribution in [0.5, 0.6) is 0 Å². The molecule has 0 atom stereocenters. The van der Waals surface area contributed by atoms with E-state index in [1.807, 2.05) is 4.90 Å². The minimum Gasteiger partial charge on any atom is -0.312 e. The zero-order chi connectivity index (χ0) is 18.9. The molecule has 0 bridgehead atoms. The van der Waals surface area contributed by atoms with Crippen LogP contribution in [0.25, 0.3) is 0 Å². The molecule has 1 aliphatic carbocycles. The third kappa shape index (κ3) is 3.60. The average Bonchev–Trinajstić information content (AvgIpc) is 2.99. The summed E-state index contributed by atoms with van der Waals surface area (Å²) in [5.74, 6) is 0.259. The van der Waals surface area contributed by atoms with Crippen LogP contribution in [0.15, 0.2) is 42.5 Å². The number of hydrogen-bond donors (Lipinski definition) is 0. The summed E-state index contributed by atoms with van der Waals surface area (Å²) in [5, 5.41) is 0. The van der Waals surface area contributed by atoms with Crippen molar-refractivity contribution in [1.29, 1.82) is 0 Å². The molecular formula is C25H30N2O. The maximum Gasteiger partial charge on any atom is 0.227 e. The topological polar surface area (TPSA) is 23.6 Å². The van der Waals surface area contributed by atoms with Gasteiger partial charge in [0.25, 0.3) is 0 Å². The van der Waals surface area contributed by atoms with Gasteiger partial charge in [-0.05, 0) is 72.9 Å². The van der Waals surface area contributed by atoms with Gasteiger partial charge in [0.2, 0.25) is 5.91 Å². The van der Waals surface area contributed by atoms with Crippen LogP contribution in [0, 0.1) is 0 Å². The van der Waals surface area contributed by atoms with Crippen molar-refractivity contribution < 1.29 is 4.79 Å². The quantitative estimate of drug-likeness (QED) is 0.794. The Balaban J connectivity index is 1.26. The van der Waals surface area contributed by atoms with E-state index in [-0.39, 0.29) is 5.91 Å². The van der Waals surface area contributed by atoms with Crippen molar-refractivity contribution in [3.8, 4) is 0 Å². The fourth-order valence-corrected chi connectivity index (χ4v) is 4.97. The van der Waals surface area contributed by atoms with Crippen molar-refractivity contribution in [2.75, 3.05) is 24.5 Å². The summed E-state index contributed by atoms with van der Waals surface area (Å²) < 4.78 is 0. The Morgan fingerprint density at radius 3 is 2.21 bits per heavy atom. The fourth-order valence-electron chi connectivity index (χ4n) is 4.97. The summed E-state index contributed by atoms with van der Waals surface area (Å²) in [6, 6.07) is 16.6. The lowest BCUT2D eigenvalue weighted by Gasteiger charge is -2.36. The molecule has 1 amide bonds. The standard InChI is InChI=1S/C25H30N2O/c28-25-5-2-14-27(25)24-10-7-19(8-11-24)17-20-6-9-21-12-15-26(23-3-1-4-23)16-13-22(21)18-20/h6-11,18,23H,1-5,12-17H2. The number of nitrogens with zero attached hydrogens (tertiary/aromatic N) is 2. The number of benzene rings is 2. The summed E-state index contributed by atoms with van der Waals surface area (Å²) in [4.78, 5) is 16.6. The van der Waals surface area contributed by atoms with Crippen LogP contribution >= 0.6 is 0 Å². The fraction of sp³-hybridized carbons (Fsp3) is 0.480. The summed E-state index contributed by atoms with van der Waals surface area (Å²) in [6.07, 6.45) is 9.25. The first kappa shape index (κ1) is 17.9. The second-order valence-electron chi connectivity index (χ2n) is 8.72. The van der Waals surface area contributed by atoms with Gasteiger partial charge in [0.15, 0.2) is 0 Å². The number of hydrogen-bond acceptors (Lipinski definition) is 2. The molecule has 2 fully saturated rings. The highest BCUT2D eigenvalue weighted by atomic mass is 16.2. The van der Waals surface area contributed by atoms with E-state index in [0.29, 0.717) is 6.42 Å². The van der Waals surface area contributed by atoms with E-state index in [4.69, 9.17) is 0 Å². The highest BCUT2D eigenvalue weighted by Crippen LogP contribution is 2.28. The number of rotatable bonds is 4. The van der Waals surface area contributed by atoms with Crippen LogP contribution in [0.2, 0.25) is 0 Å². The Morgan fingerprint density at radius 1 is 0.786 bits per heavy atom. The molecule has 2 aromatic rings. The minimum atomic E-state index is 0.259. The zero-order valence-electron chi connectivity index (χ0n) is 16.7. The number of fused-ring (bicyclic) bond motifs is 1. The Kier molecular flexibility index (Phi) is 4.94. The Bertz CT molecular complexity index is 853. The van der Waals surface area contributed by atoms with Crippen LogP contribution in [0.1, 0.15) is 54.4 Å². The second-order valence-corrected chi connectivity index (χ2v) is 8.72. The van der Waals surface area contributed by atoms with E-state index >= 15 is 0 Å². The summed E-state index contributed by atoms with van der Waals surface area (Å²) in [7, 11) is 0. The molecule has 1 saturated carbocycles. The average molecular weight is 375 g/mol. The predicted octanol–water partition coefficient (Wildman–Crippen LogP) is 4.36. The number of carbonyl (C=O) groups excluding carboxylic acids is 1. The number of anilines is 1. The second kappa shape index (κ2) is 7.71. The number of carbonyl (C=O) groups is 1. The molecule has 28 heavy (non-hydrogen) atoms. The van der Waals surface area contributed by atoms with E-state index in [1.54, 1.807) is 11.1 Å². The van der Waals surface area contributed by atoms with Crippen LogP contribution in [-0.2, 0) is 24.1 Å². The van der Waals surface area contributed by atoms with Crippen LogP contribution in [-0.4, -0.2) is 36.5 Å². The molecule has 146 valence electrons. The normalized spacial score (nSPS) is 20.7. The van der Waals surface area contributed by atoms with Gasteiger partial charge >= 0.3 is 0 Å². The molecule has 0 unspecified atom stereocenters. The van der Waals surface area contributed by atoms with Crippen molar-refractivity contribution in [3.05, 3.63) is 64.7 Å². The molecule has 2 aliphatic heterocycles. The van der Waals surface area contributed by atoms with E-state index in [1.165, 1.54) is 56.3 Å². The SMILES string of the molecule is O=C1CCCN1c1ccc(Cc2ccc3c(c2)CCN(C2CCC2)CC3)cc1. The Labute approximate surface area is 168 Å². The van der Waals surface area contributed by atoms with Crippen LogP contribution in [0.4, 0.5) is 5.69 Å². The minimum absolute atomic E-state index is 0.259.